The summed E-state index contributed by atoms with van der Waals surface area (Å²) in [5, 5.41) is 3.12. The molecular formula is C30H36N2O2S. The van der Waals surface area contributed by atoms with Gasteiger partial charge in [-0.25, -0.2) is 0 Å². The molecule has 0 unspecified atom stereocenters. The third kappa shape index (κ3) is 8.59. The highest BCUT2D eigenvalue weighted by Gasteiger charge is 2.30. The molecule has 0 fully saturated rings. The lowest BCUT2D eigenvalue weighted by molar-refractivity contribution is -0.139. The first-order chi connectivity index (χ1) is 17.0. The van der Waals surface area contributed by atoms with Crippen LogP contribution in [0.2, 0.25) is 0 Å². The second-order valence-corrected chi connectivity index (χ2v) is 9.99. The van der Waals surface area contributed by atoms with Crippen molar-refractivity contribution < 1.29 is 9.59 Å². The highest BCUT2D eigenvalue weighted by atomic mass is 32.2. The van der Waals surface area contributed by atoms with Gasteiger partial charge in [-0.2, -0.15) is 0 Å². The average Bonchev–Trinajstić information content (AvgIpc) is 2.88. The summed E-state index contributed by atoms with van der Waals surface area (Å²) in [5.74, 6) is 0.958. The monoisotopic (exact) mass is 488 g/mol. The van der Waals surface area contributed by atoms with Gasteiger partial charge >= 0.3 is 0 Å². The Balaban J connectivity index is 1.85. The molecule has 0 aliphatic carbocycles. The van der Waals surface area contributed by atoms with E-state index in [0.717, 1.165) is 23.3 Å². The number of carbonyl (C=O) groups is 2. The maximum absolute atomic E-state index is 13.6. The molecule has 2 atom stereocenters. The van der Waals surface area contributed by atoms with Gasteiger partial charge in [-0.1, -0.05) is 97.4 Å². The summed E-state index contributed by atoms with van der Waals surface area (Å²) in [6, 6.07) is 27.7. The number of carbonyl (C=O) groups excluding carboxylic acids is 2. The van der Waals surface area contributed by atoms with E-state index < -0.39 is 6.04 Å². The van der Waals surface area contributed by atoms with Gasteiger partial charge in [0.1, 0.15) is 6.04 Å². The lowest BCUT2D eigenvalue weighted by atomic mass is 10.0. The maximum Gasteiger partial charge on any atom is 0.243 e. The van der Waals surface area contributed by atoms with Crippen LogP contribution in [0.25, 0.3) is 0 Å². The predicted molar refractivity (Wildman–Crippen MR) is 146 cm³/mol. The van der Waals surface area contributed by atoms with E-state index in [1.165, 1.54) is 11.1 Å². The minimum atomic E-state index is -0.586. The lowest BCUT2D eigenvalue weighted by Gasteiger charge is -2.32. The zero-order valence-corrected chi connectivity index (χ0v) is 21.8. The van der Waals surface area contributed by atoms with Crippen molar-refractivity contribution in [2.24, 2.45) is 0 Å². The average molecular weight is 489 g/mol. The first-order valence-electron chi connectivity index (χ1n) is 12.3. The lowest BCUT2D eigenvalue weighted by Crippen LogP contribution is -2.52. The molecular weight excluding hydrogens is 452 g/mol. The fourth-order valence-electron chi connectivity index (χ4n) is 3.80. The zero-order chi connectivity index (χ0) is 25.0. The summed E-state index contributed by atoms with van der Waals surface area (Å²) >= 11 is 1.59. The third-order valence-corrected chi connectivity index (χ3v) is 7.07. The van der Waals surface area contributed by atoms with Crippen LogP contribution in [0.1, 0.15) is 42.5 Å². The van der Waals surface area contributed by atoms with Crippen molar-refractivity contribution >= 4 is 23.6 Å². The number of hydrogen-bond acceptors (Lipinski definition) is 3. The zero-order valence-electron chi connectivity index (χ0n) is 20.9. The first-order valence-corrected chi connectivity index (χ1v) is 13.4. The summed E-state index contributed by atoms with van der Waals surface area (Å²) in [4.78, 5) is 28.9. The molecule has 2 amide bonds. The third-order valence-electron chi connectivity index (χ3n) is 6.08. The first kappa shape index (κ1) is 26.6. The Morgan fingerprint density at radius 3 is 2.06 bits per heavy atom. The summed E-state index contributed by atoms with van der Waals surface area (Å²) < 4.78 is 0. The molecule has 3 aromatic carbocycles. The van der Waals surface area contributed by atoms with Gasteiger partial charge in [0.05, 0.1) is 5.75 Å². The Morgan fingerprint density at radius 1 is 0.857 bits per heavy atom. The van der Waals surface area contributed by atoms with Crippen LogP contribution in [-0.2, 0) is 28.3 Å². The van der Waals surface area contributed by atoms with E-state index in [9.17, 15) is 9.59 Å². The fraction of sp³-hybridized carbons (Fsp3) is 0.333. The molecule has 0 saturated carbocycles. The molecule has 0 radical (unpaired) electrons. The fourth-order valence-corrected chi connectivity index (χ4v) is 4.67. The Morgan fingerprint density at radius 2 is 1.46 bits per heavy atom. The van der Waals surface area contributed by atoms with Crippen LogP contribution >= 0.6 is 11.8 Å². The van der Waals surface area contributed by atoms with E-state index in [1.54, 1.807) is 16.7 Å². The Labute approximate surface area is 214 Å². The normalized spacial score (nSPS) is 12.5. The van der Waals surface area contributed by atoms with Gasteiger partial charge in [-0.15, -0.1) is 11.8 Å². The molecule has 3 aromatic rings. The van der Waals surface area contributed by atoms with Crippen molar-refractivity contribution in [3.05, 3.63) is 107 Å². The van der Waals surface area contributed by atoms with Gasteiger partial charge < -0.3 is 10.2 Å². The summed E-state index contributed by atoms with van der Waals surface area (Å²) in [5.41, 5.74) is 4.41. The Bertz CT molecular complexity index is 1050. The van der Waals surface area contributed by atoms with Gasteiger partial charge in [0.15, 0.2) is 0 Å². The molecule has 0 saturated heterocycles. The smallest absolute Gasteiger partial charge is 0.243 e. The van der Waals surface area contributed by atoms with Crippen molar-refractivity contribution in [2.45, 2.75) is 58.0 Å². The van der Waals surface area contributed by atoms with Crippen LogP contribution in [0.4, 0.5) is 0 Å². The number of nitrogens with one attached hydrogen (secondary N) is 1. The summed E-state index contributed by atoms with van der Waals surface area (Å²) in [7, 11) is 0. The Kier molecular flexibility index (Phi) is 10.4. The van der Waals surface area contributed by atoms with E-state index in [0.29, 0.717) is 18.7 Å². The number of thioether (sulfide) groups is 1. The molecule has 3 rings (SSSR count). The molecule has 1 N–H and O–H groups in total. The molecule has 184 valence electrons. The predicted octanol–water partition coefficient (Wildman–Crippen LogP) is 5.78. The highest BCUT2D eigenvalue weighted by Crippen LogP contribution is 2.19. The van der Waals surface area contributed by atoms with Crippen molar-refractivity contribution in [1.29, 1.82) is 0 Å². The van der Waals surface area contributed by atoms with Crippen LogP contribution in [0.15, 0.2) is 84.9 Å². The van der Waals surface area contributed by atoms with Gasteiger partial charge in [0, 0.05) is 24.8 Å². The van der Waals surface area contributed by atoms with E-state index in [1.807, 2.05) is 93.6 Å². The van der Waals surface area contributed by atoms with Crippen LogP contribution < -0.4 is 5.32 Å². The molecule has 0 aromatic heterocycles. The maximum atomic E-state index is 13.6. The van der Waals surface area contributed by atoms with Crippen molar-refractivity contribution in [3.8, 4) is 0 Å². The van der Waals surface area contributed by atoms with Crippen LogP contribution in [-0.4, -0.2) is 34.6 Å². The van der Waals surface area contributed by atoms with Crippen LogP contribution in [0.3, 0.4) is 0 Å². The summed E-state index contributed by atoms with van der Waals surface area (Å²) in [6.45, 7) is 6.49. The largest absolute Gasteiger partial charge is 0.352 e. The van der Waals surface area contributed by atoms with Crippen molar-refractivity contribution in [1.82, 2.24) is 10.2 Å². The second-order valence-electron chi connectivity index (χ2n) is 9.01. The highest BCUT2D eigenvalue weighted by molar-refractivity contribution is 7.99. The van der Waals surface area contributed by atoms with Gasteiger partial charge in [0.25, 0.3) is 0 Å². The molecule has 4 nitrogen and oxygen atoms in total. The van der Waals surface area contributed by atoms with Crippen molar-refractivity contribution in [3.63, 3.8) is 0 Å². The number of aryl methyl sites for hydroxylation is 1. The number of amides is 2. The number of hydrogen-bond donors (Lipinski definition) is 1. The van der Waals surface area contributed by atoms with Gasteiger partial charge in [-0.05, 0) is 37.0 Å². The standard InChI is InChI=1S/C30H36N2O2S/c1-4-24(3)31-30(34)28(19-25-11-7-5-8-12-25)32(20-26-17-15-23(2)16-18-26)29(33)22-35-21-27-13-9-6-10-14-27/h5-18,24,28H,4,19-22H2,1-3H3,(H,31,34)/t24-,28+/m1/s1. The number of benzene rings is 3. The van der Waals surface area contributed by atoms with Crippen molar-refractivity contribution in [2.75, 3.05) is 5.75 Å². The number of rotatable bonds is 12. The molecule has 0 aliphatic rings. The molecule has 0 heterocycles. The van der Waals surface area contributed by atoms with Crippen LogP contribution in [0.5, 0.6) is 0 Å². The van der Waals surface area contributed by atoms with E-state index in [-0.39, 0.29) is 17.9 Å². The van der Waals surface area contributed by atoms with Gasteiger partial charge in [-0.3, -0.25) is 9.59 Å². The summed E-state index contributed by atoms with van der Waals surface area (Å²) in [6.07, 6.45) is 1.31. The molecule has 0 spiro atoms. The minimum absolute atomic E-state index is 0.0215. The van der Waals surface area contributed by atoms with E-state index >= 15 is 0 Å². The SMILES string of the molecule is CC[C@@H](C)NC(=O)[C@H](Cc1ccccc1)N(Cc1ccc(C)cc1)C(=O)CSCc1ccccc1. The van der Waals surface area contributed by atoms with Gasteiger partial charge in [0.2, 0.25) is 11.8 Å². The molecule has 0 aliphatic heterocycles. The van der Waals surface area contributed by atoms with Crippen LogP contribution in [0, 0.1) is 6.92 Å². The van der Waals surface area contributed by atoms with E-state index in [4.69, 9.17) is 0 Å². The quantitative estimate of drug-likeness (QED) is 0.351. The molecule has 35 heavy (non-hydrogen) atoms. The minimum Gasteiger partial charge on any atom is -0.352 e. The molecule has 0 bridgehead atoms. The topological polar surface area (TPSA) is 49.4 Å². The second kappa shape index (κ2) is 13.7. The van der Waals surface area contributed by atoms with E-state index in [2.05, 4.69) is 17.4 Å². The number of nitrogens with zero attached hydrogens (tertiary/aromatic N) is 1. The Hall–Kier alpha value is -3.05. The molecule has 5 heteroatoms.